The highest BCUT2D eigenvalue weighted by Crippen LogP contribution is 2.44. The third kappa shape index (κ3) is 3.06. The highest BCUT2D eigenvalue weighted by molar-refractivity contribution is 6.10. The van der Waals surface area contributed by atoms with E-state index in [1.54, 1.807) is 0 Å². The van der Waals surface area contributed by atoms with Gasteiger partial charge in [-0.1, -0.05) is 78.9 Å². The van der Waals surface area contributed by atoms with Crippen LogP contribution in [0, 0.1) is 0 Å². The monoisotopic (exact) mass is 473 g/mol. The number of para-hydroxylation sites is 2. The maximum absolute atomic E-state index is 6.52. The van der Waals surface area contributed by atoms with Crippen molar-refractivity contribution in [3.63, 3.8) is 0 Å². The average molecular weight is 474 g/mol. The normalized spacial score (nSPS) is 11.8. The van der Waals surface area contributed by atoms with Crippen LogP contribution in [0.25, 0.3) is 77.5 Å². The Labute approximate surface area is 212 Å². The molecular weight excluding hydrogens is 454 g/mol. The van der Waals surface area contributed by atoms with Gasteiger partial charge in [0, 0.05) is 38.9 Å². The van der Waals surface area contributed by atoms with Crippen molar-refractivity contribution < 1.29 is 4.42 Å². The fraction of sp³-hybridized carbons (Fsp3) is 0. The van der Waals surface area contributed by atoms with Gasteiger partial charge in [-0.2, -0.15) is 0 Å². The number of rotatable bonds is 2. The van der Waals surface area contributed by atoms with Gasteiger partial charge in [0.1, 0.15) is 11.3 Å². The number of hydrogen-bond donors (Lipinski definition) is 0. The highest BCUT2D eigenvalue weighted by Gasteiger charge is 2.22. The van der Waals surface area contributed by atoms with Crippen LogP contribution in [-0.2, 0) is 0 Å². The van der Waals surface area contributed by atoms with Gasteiger partial charge < -0.3 is 4.42 Å². The molecule has 0 saturated carbocycles. The Morgan fingerprint density at radius 2 is 1.27 bits per heavy atom. The van der Waals surface area contributed by atoms with Crippen molar-refractivity contribution in [2.75, 3.05) is 0 Å². The molecule has 2 aromatic heterocycles. The molecule has 0 saturated heterocycles. The van der Waals surface area contributed by atoms with Crippen molar-refractivity contribution in [2.45, 2.75) is 0 Å². The summed E-state index contributed by atoms with van der Waals surface area (Å²) in [7, 11) is 0. The van der Waals surface area contributed by atoms with Crippen molar-refractivity contribution in [1.29, 1.82) is 0 Å². The van der Waals surface area contributed by atoms with E-state index in [1.807, 2.05) is 36.5 Å². The van der Waals surface area contributed by atoms with Gasteiger partial charge in [0.05, 0.1) is 33.5 Å². The molecule has 0 spiro atoms. The SMILES string of the molecule is c1cnc2c(c1)ccc1ccc(-c3ccc(-c4oc5ccccc5c5nc6ccccc6c4-5)cc3)nc12. The second-order valence-corrected chi connectivity index (χ2v) is 9.27. The van der Waals surface area contributed by atoms with Gasteiger partial charge in [0.15, 0.2) is 0 Å². The van der Waals surface area contributed by atoms with Crippen LogP contribution in [0.15, 0.2) is 120 Å². The predicted octanol–water partition coefficient (Wildman–Crippen LogP) is 8.52. The third-order valence-electron chi connectivity index (χ3n) is 7.10. The summed E-state index contributed by atoms with van der Waals surface area (Å²) in [5, 5.41) is 4.30. The summed E-state index contributed by atoms with van der Waals surface area (Å²) in [6.07, 6.45) is 1.82. The Morgan fingerprint density at radius 1 is 0.541 bits per heavy atom. The van der Waals surface area contributed by atoms with Crippen molar-refractivity contribution in [3.8, 4) is 33.8 Å². The third-order valence-corrected chi connectivity index (χ3v) is 7.10. The first-order valence-electron chi connectivity index (χ1n) is 12.3. The van der Waals surface area contributed by atoms with E-state index in [0.29, 0.717) is 0 Å². The maximum atomic E-state index is 6.52. The van der Waals surface area contributed by atoms with E-state index in [9.17, 15) is 0 Å². The summed E-state index contributed by atoms with van der Waals surface area (Å²) in [4.78, 5) is 14.6. The lowest BCUT2D eigenvalue weighted by Gasteiger charge is -2.12. The Kier molecular flexibility index (Phi) is 4.19. The van der Waals surface area contributed by atoms with Crippen LogP contribution in [-0.4, -0.2) is 15.0 Å². The number of nitrogens with zero attached hydrogens (tertiary/aromatic N) is 3. The van der Waals surface area contributed by atoms with Gasteiger partial charge in [-0.25, -0.2) is 9.97 Å². The molecule has 0 radical (unpaired) electrons. The Bertz CT molecular complexity index is 2090. The lowest BCUT2D eigenvalue weighted by Crippen LogP contribution is -1.90. The lowest BCUT2D eigenvalue weighted by atomic mass is 9.98. The van der Waals surface area contributed by atoms with Crippen LogP contribution in [0.3, 0.4) is 0 Å². The molecule has 0 fully saturated rings. The Morgan fingerprint density at radius 3 is 2.16 bits per heavy atom. The minimum Gasteiger partial charge on any atom is -0.455 e. The maximum Gasteiger partial charge on any atom is 0.144 e. The molecule has 4 aromatic carbocycles. The average Bonchev–Trinajstić information content (AvgIpc) is 3.37. The Hall–Kier alpha value is -5.09. The Balaban J connectivity index is 1.30. The van der Waals surface area contributed by atoms with Crippen LogP contribution in [0.4, 0.5) is 0 Å². The summed E-state index contributed by atoms with van der Waals surface area (Å²) >= 11 is 0. The minimum absolute atomic E-state index is 0.826. The van der Waals surface area contributed by atoms with Crippen LogP contribution in [0.1, 0.15) is 0 Å². The summed E-state index contributed by atoms with van der Waals surface area (Å²) in [5.74, 6) is 0.829. The number of benzene rings is 4. The van der Waals surface area contributed by atoms with Gasteiger partial charge in [-0.3, -0.25) is 4.98 Å². The molecule has 4 heteroatoms. The molecule has 4 heterocycles. The molecule has 0 bridgehead atoms. The summed E-state index contributed by atoms with van der Waals surface area (Å²) in [5.41, 5.74) is 8.62. The summed E-state index contributed by atoms with van der Waals surface area (Å²) < 4.78 is 6.52. The van der Waals surface area contributed by atoms with Gasteiger partial charge in [-0.05, 0) is 30.3 Å². The van der Waals surface area contributed by atoms with E-state index in [-0.39, 0.29) is 0 Å². The fourth-order valence-corrected chi connectivity index (χ4v) is 5.30. The molecule has 172 valence electrons. The van der Waals surface area contributed by atoms with Crippen molar-refractivity contribution >= 4 is 43.7 Å². The van der Waals surface area contributed by atoms with Crippen LogP contribution < -0.4 is 0 Å². The van der Waals surface area contributed by atoms with Crippen LogP contribution >= 0.6 is 0 Å². The number of fused-ring (bicyclic) bond motifs is 8. The first-order chi connectivity index (χ1) is 18.3. The molecule has 0 amide bonds. The molecule has 4 nitrogen and oxygen atoms in total. The molecule has 8 rings (SSSR count). The van der Waals surface area contributed by atoms with E-state index >= 15 is 0 Å². The molecule has 2 aliphatic rings. The first kappa shape index (κ1) is 20.1. The van der Waals surface area contributed by atoms with E-state index in [2.05, 4.69) is 83.8 Å². The summed E-state index contributed by atoms with van der Waals surface area (Å²) in [6, 6.07) is 37.2. The van der Waals surface area contributed by atoms with Gasteiger partial charge in [0.25, 0.3) is 0 Å². The second kappa shape index (κ2) is 7.70. The van der Waals surface area contributed by atoms with Crippen molar-refractivity contribution in [2.24, 2.45) is 0 Å². The molecule has 6 aromatic rings. The van der Waals surface area contributed by atoms with Crippen LogP contribution in [0.5, 0.6) is 0 Å². The van der Waals surface area contributed by atoms with Crippen molar-refractivity contribution in [1.82, 2.24) is 15.0 Å². The molecule has 0 aliphatic carbocycles. The first-order valence-corrected chi connectivity index (χ1v) is 12.3. The van der Waals surface area contributed by atoms with Gasteiger partial charge >= 0.3 is 0 Å². The molecule has 0 unspecified atom stereocenters. The van der Waals surface area contributed by atoms with E-state index in [1.165, 1.54) is 0 Å². The largest absolute Gasteiger partial charge is 0.455 e. The second-order valence-electron chi connectivity index (χ2n) is 9.27. The van der Waals surface area contributed by atoms with Gasteiger partial charge in [-0.15, -0.1) is 0 Å². The van der Waals surface area contributed by atoms with E-state index in [4.69, 9.17) is 14.4 Å². The highest BCUT2D eigenvalue weighted by atomic mass is 16.3. The number of hydrogen-bond acceptors (Lipinski definition) is 4. The minimum atomic E-state index is 0.826. The quantitative estimate of drug-likeness (QED) is 0.236. The molecular formula is C33H19N3O. The fourth-order valence-electron chi connectivity index (χ4n) is 5.30. The number of pyridine rings is 2. The van der Waals surface area contributed by atoms with Crippen LogP contribution in [0.2, 0.25) is 0 Å². The predicted molar refractivity (Wildman–Crippen MR) is 150 cm³/mol. The standard InChI is InChI=1S/C33H19N3O/c1-3-9-27-24(7-1)29-32(36-27)25-8-2-4-10-28(25)37-33(29)23-15-11-20(12-16-23)26-18-17-22-14-13-21-6-5-19-34-30(21)31(22)35-26/h1-19H. The smallest absolute Gasteiger partial charge is 0.144 e. The van der Waals surface area contributed by atoms with E-state index in [0.717, 1.165) is 77.5 Å². The molecule has 0 N–H and O–H groups in total. The molecule has 37 heavy (non-hydrogen) atoms. The van der Waals surface area contributed by atoms with E-state index < -0.39 is 0 Å². The van der Waals surface area contributed by atoms with Crippen molar-refractivity contribution in [3.05, 3.63) is 115 Å². The zero-order chi connectivity index (χ0) is 24.3. The topological polar surface area (TPSA) is 51.8 Å². The zero-order valence-corrected chi connectivity index (χ0v) is 19.7. The zero-order valence-electron chi connectivity index (χ0n) is 19.7. The molecule has 0 atom stereocenters. The molecule has 2 aliphatic heterocycles. The number of aromatic nitrogens is 3. The summed E-state index contributed by atoms with van der Waals surface area (Å²) in [6.45, 7) is 0. The van der Waals surface area contributed by atoms with Gasteiger partial charge in [0.2, 0.25) is 0 Å². The lowest BCUT2D eigenvalue weighted by molar-refractivity contribution is 0.622.